The van der Waals surface area contributed by atoms with Gasteiger partial charge in [-0.05, 0) is 41.8 Å². The Labute approximate surface area is 275 Å². The molecule has 10 rings (SSSR count). The topological polar surface area (TPSA) is 56.7 Å². The van der Waals surface area contributed by atoms with Gasteiger partial charge in [-0.3, -0.25) is 0 Å². The van der Waals surface area contributed by atoms with Gasteiger partial charge in [-0.2, -0.15) is 0 Å². The van der Waals surface area contributed by atoms with Gasteiger partial charge in [0.1, 0.15) is 11.2 Å². The molecule has 3 aromatic heterocycles. The Kier molecular flexibility index (Phi) is 5.81. The van der Waals surface area contributed by atoms with Crippen LogP contribution in [0.2, 0.25) is 0 Å². The quantitative estimate of drug-likeness (QED) is 0.198. The molecule has 0 saturated carbocycles. The molecule has 5 nitrogen and oxygen atoms in total. The van der Waals surface area contributed by atoms with Gasteiger partial charge in [-0.1, -0.05) is 121 Å². The van der Waals surface area contributed by atoms with Crippen molar-refractivity contribution in [2.45, 2.75) is 0 Å². The van der Waals surface area contributed by atoms with Crippen molar-refractivity contribution in [3.05, 3.63) is 158 Å². The fourth-order valence-corrected chi connectivity index (χ4v) is 7.07. The lowest BCUT2D eigenvalue weighted by Gasteiger charge is -2.14. The van der Waals surface area contributed by atoms with Crippen molar-refractivity contribution in [3.8, 4) is 39.9 Å². The molecule has 0 aliphatic heterocycles. The molecule has 0 N–H and O–H groups in total. The maximum Gasteiger partial charge on any atom is 0.164 e. The first-order valence-electron chi connectivity index (χ1n) is 16.0. The van der Waals surface area contributed by atoms with Gasteiger partial charge >= 0.3 is 0 Å². The van der Waals surface area contributed by atoms with Crippen LogP contribution in [-0.2, 0) is 0 Å². The van der Waals surface area contributed by atoms with E-state index in [1.165, 1.54) is 21.8 Å². The van der Waals surface area contributed by atoms with Gasteiger partial charge in [-0.25, -0.2) is 15.0 Å². The summed E-state index contributed by atoms with van der Waals surface area (Å²) in [5.41, 5.74) is 7.86. The molecular formula is C43H26N4O. The van der Waals surface area contributed by atoms with Crippen molar-refractivity contribution in [3.63, 3.8) is 0 Å². The molecule has 3 heterocycles. The van der Waals surface area contributed by atoms with Crippen LogP contribution in [0.15, 0.2) is 162 Å². The Morgan fingerprint density at radius 2 is 0.958 bits per heavy atom. The van der Waals surface area contributed by atoms with Crippen molar-refractivity contribution in [1.29, 1.82) is 0 Å². The SMILES string of the molecule is c1ccc(-c2nc(-c3ccc4c(c3)oc3ccccc34)nc(-c3cccc4c(-n5c6ccccc6c6ccccc65)cccc34)n2)cc1. The minimum atomic E-state index is 0.594. The van der Waals surface area contributed by atoms with Crippen molar-refractivity contribution < 1.29 is 4.42 Å². The lowest BCUT2D eigenvalue weighted by atomic mass is 10.0. The molecule has 0 aliphatic carbocycles. The normalized spacial score (nSPS) is 11.8. The molecule has 0 spiro atoms. The van der Waals surface area contributed by atoms with Gasteiger partial charge in [0.05, 0.1) is 16.7 Å². The maximum absolute atomic E-state index is 6.24. The Morgan fingerprint density at radius 3 is 1.75 bits per heavy atom. The van der Waals surface area contributed by atoms with Crippen molar-refractivity contribution >= 4 is 54.5 Å². The minimum Gasteiger partial charge on any atom is -0.456 e. The van der Waals surface area contributed by atoms with Gasteiger partial charge in [0.25, 0.3) is 0 Å². The van der Waals surface area contributed by atoms with E-state index in [1.807, 2.05) is 54.6 Å². The van der Waals surface area contributed by atoms with Crippen LogP contribution in [0.4, 0.5) is 0 Å². The van der Waals surface area contributed by atoms with Gasteiger partial charge in [0, 0.05) is 43.6 Å². The lowest BCUT2D eigenvalue weighted by Crippen LogP contribution is -2.01. The highest BCUT2D eigenvalue weighted by atomic mass is 16.3. The smallest absolute Gasteiger partial charge is 0.164 e. The van der Waals surface area contributed by atoms with Gasteiger partial charge in [0.15, 0.2) is 17.5 Å². The number of rotatable bonds is 4. The Hall–Kier alpha value is -6.59. The summed E-state index contributed by atoms with van der Waals surface area (Å²) in [6.07, 6.45) is 0. The van der Waals surface area contributed by atoms with Crippen LogP contribution >= 0.6 is 0 Å². The highest BCUT2D eigenvalue weighted by molar-refractivity contribution is 6.11. The Bertz CT molecular complexity index is 2800. The number of nitrogens with zero attached hydrogens (tertiary/aromatic N) is 4. The van der Waals surface area contributed by atoms with E-state index in [4.69, 9.17) is 19.4 Å². The molecule has 0 atom stereocenters. The molecule has 5 heteroatoms. The van der Waals surface area contributed by atoms with E-state index in [0.29, 0.717) is 17.5 Å². The first-order valence-corrected chi connectivity index (χ1v) is 16.0. The zero-order chi connectivity index (χ0) is 31.6. The van der Waals surface area contributed by atoms with Crippen LogP contribution in [-0.4, -0.2) is 19.5 Å². The van der Waals surface area contributed by atoms with E-state index in [-0.39, 0.29) is 0 Å². The molecule has 7 aromatic carbocycles. The van der Waals surface area contributed by atoms with Crippen molar-refractivity contribution in [2.75, 3.05) is 0 Å². The number of furan rings is 1. The number of hydrogen-bond acceptors (Lipinski definition) is 4. The van der Waals surface area contributed by atoms with E-state index in [9.17, 15) is 0 Å². The fourth-order valence-electron chi connectivity index (χ4n) is 7.07. The summed E-state index contributed by atoms with van der Waals surface area (Å²) in [7, 11) is 0. The van der Waals surface area contributed by atoms with E-state index >= 15 is 0 Å². The van der Waals surface area contributed by atoms with Crippen molar-refractivity contribution in [1.82, 2.24) is 19.5 Å². The van der Waals surface area contributed by atoms with Crippen LogP contribution in [0.3, 0.4) is 0 Å². The largest absolute Gasteiger partial charge is 0.456 e. The second-order valence-corrected chi connectivity index (χ2v) is 12.0. The van der Waals surface area contributed by atoms with Gasteiger partial charge in [-0.15, -0.1) is 0 Å². The maximum atomic E-state index is 6.24. The molecule has 48 heavy (non-hydrogen) atoms. The third-order valence-electron chi connectivity index (χ3n) is 9.27. The summed E-state index contributed by atoms with van der Waals surface area (Å²) >= 11 is 0. The van der Waals surface area contributed by atoms with Gasteiger partial charge in [0.2, 0.25) is 0 Å². The monoisotopic (exact) mass is 614 g/mol. The first kappa shape index (κ1) is 26.6. The Morgan fingerprint density at radius 1 is 0.375 bits per heavy atom. The summed E-state index contributed by atoms with van der Waals surface area (Å²) in [6, 6.07) is 54.5. The van der Waals surface area contributed by atoms with Crippen molar-refractivity contribution in [2.24, 2.45) is 0 Å². The molecule has 0 saturated heterocycles. The average molecular weight is 615 g/mol. The molecule has 0 unspecified atom stereocenters. The predicted octanol–water partition coefficient (Wildman–Crippen LogP) is 11.0. The number of fused-ring (bicyclic) bond motifs is 7. The molecule has 0 fully saturated rings. The summed E-state index contributed by atoms with van der Waals surface area (Å²) < 4.78 is 8.61. The molecule has 0 amide bonds. The van der Waals surface area contributed by atoms with Crippen LogP contribution in [0, 0.1) is 0 Å². The molecule has 0 radical (unpaired) electrons. The molecule has 224 valence electrons. The summed E-state index contributed by atoms with van der Waals surface area (Å²) in [5.74, 6) is 1.83. The van der Waals surface area contributed by atoms with E-state index in [1.54, 1.807) is 0 Å². The Balaban J connectivity index is 1.20. The summed E-state index contributed by atoms with van der Waals surface area (Å²) in [4.78, 5) is 15.2. The number of benzene rings is 7. The van der Waals surface area contributed by atoms with Crippen LogP contribution in [0.25, 0.3) is 94.4 Å². The number of aromatic nitrogens is 4. The third-order valence-corrected chi connectivity index (χ3v) is 9.27. The van der Waals surface area contributed by atoms with E-state index < -0.39 is 0 Å². The third kappa shape index (κ3) is 4.08. The van der Waals surface area contributed by atoms with Gasteiger partial charge < -0.3 is 8.98 Å². The average Bonchev–Trinajstić information content (AvgIpc) is 3.70. The second-order valence-electron chi connectivity index (χ2n) is 12.0. The molecule has 10 aromatic rings. The highest BCUT2D eigenvalue weighted by Crippen LogP contribution is 2.38. The first-order chi connectivity index (χ1) is 23.8. The number of para-hydroxylation sites is 3. The molecule has 0 aliphatic rings. The minimum absolute atomic E-state index is 0.594. The van der Waals surface area contributed by atoms with E-state index in [2.05, 4.69) is 108 Å². The predicted molar refractivity (Wildman–Crippen MR) is 195 cm³/mol. The number of hydrogen-bond donors (Lipinski definition) is 0. The lowest BCUT2D eigenvalue weighted by molar-refractivity contribution is 0.669. The summed E-state index contributed by atoms with van der Waals surface area (Å²) in [5, 5.41) is 6.82. The van der Waals surface area contributed by atoms with E-state index in [0.717, 1.165) is 55.1 Å². The fraction of sp³-hybridized carbons (Fsp3) is 0. The summed E-state index contributed by atoms with van der Waals surface area (Å²) in [6.45, 7) is 0. The van der Waals surface area contributed by atoms with Crippen LogP contribution < -0.4 is 0 Å². The highest BCUT2D eigenvalue weighted by Gasteiger charge is 2.18. The molecule has 0 bridgehead atoms. The molecular weight excluding hydrogens is 589 g/mol. The van der Waals surface area contributed by atoms with Crippen LogP contribution in [0.5, 0.6) is 0 Å². The zero-order valence-corrected chi connectivity index (χ0v) is 25.7. The zero-order valence-electron chi connectivity index (χ0n) is 25.7. The second kappa shape index (κ2) is 10.5. The standard InChI is InChI=1S/C43H26N4O/c1-2-12-27(13-3-1)41-44-42(28-24-25-34-33-16-6-9-23-39(33)48-40(34)26-28)46-43(45-41)35-19-10-18-30-29(35)17-11-22-38(30)47-36-20-7-4-14-31(36)32-15-5-8-21-37(32)47/h1-26H. The van der Waals surface area contributed by atoms with Crippen LogP contribution in [0.1, 0.15) is 0 Å².